The minimum Gasteiger partial charge on any atom is -0.320 e. The van der Waals surface area contributed by atoms with Crippen molar-refractivity contribution in [2.75, 3.05) is 0 Å². The number of unbranched alkanes of at least 4 members (excludes halogenated alkanes) is 1. The Labute approximate surface area is 120 Å². The van der Waals surface area contributed by atoms with Gasteiger partial charge < -0.3 is 5.73 Å². The van der Waals surface area contributed by atoms with Crippen molar-refractivity contribution in [2.24, 2.45) is 5.73 Å². The highest BCUT2D eigenvalue weighted by molar-refractivity contribution is 5.35. The molecule has 2 aromatic rings. The van der Waals surface area contributed by atoms with Crippen LogP contribution in [0.1, 0.15) is 48.1 Å². The fourth-order valence-corrected chi connectivity index (χ4v) is 2.41. The standard InChI is InChI=1S/C18H22FN/c1-3-4-5-14-6-8-15(9-7-14)18(20)16-10-13(2)11-17(19)12-16/h6-12,18H,3-5,20H2,1-2H3. The molecule has 0 saturated carbocycles. The Morgan fingerprint density at radius 2 is 1.75 bits per heavy atom. The molecule has 2 N–H and O–H groups in total. The van der Waals surface area contributed by atoms with Crippen LogP contribution in [0, 0.1) is 12.7 Å². The molecule has 0 aliphatic carbocycles. The first-order valence-electron chi connectivity index (χ1n) is 7.21. The molecule has 0 aromatic heterocycles. The molecule has 106 valence electrons. The van der Waals surface area contributed by atoms with Crippen LogP contribution in [0.3, 0.4) is 0 Å². The van der Waals surface area contributed by atoms with Crippen molar-refractivity contribution >= 4 is 0 Å². The van der Waals surface area contributed by atoms with Gasteiger partial charge in [0.1, 0.15) is 5.82 Å². The molecule has 2 heteroatoms. The molecule has 0 aliphatic heterocycles. The molecule has 0 spiro atoms. The monoisotopic (exact) mass is 271 g/mol. The zero-order chi connectivity index (χ0) is 14.5. The molecule has 20 heavy (non-hydrogen) atoms. The highest BCUT2D eigenvalue weighted by Gasteiger charge is 2.10. The Hall–Kier alpha value is -1.67. The summed E-state index contributed by atoms with van der Waals surface area (Å²) < 4.78 is 13.5. The van der Waals surface area contributed by atoms with E-state index >= 15 is 0 Å². The predicted octanol–water partition coefficient (Wildman–Crippen LogP) is 4.52. The maximum absolute atomic E-state index is 13.5. The minimum atomic E-state index is -0.273. The summed E-state index contributed by atoms with van der Waals surface area (Å²) in [5.74, 6) is -0.227. The summed E-state index contributed by atoms with van der Waals surface area (Å²) in [5.41, 5.74) is 10.3. The van der Waals surface area contributed by atoms with E-state index in [2.05, 4.69) is 31.2 Å². The topological polar surface area (TPSA) is 26.0 Å². The Kier molecular flexibility index (Phi) is 4.91. The van der Waals surface area contributed by atoms with E-state index < -0.39 is 0 Å². The molecule has 2 rings (SSSR count). The van der Waals surface area contributed by atoms with Gasteiger partial charge in [-0.3, -0.25) is 0 Å². The van der Waals surface area contributed by atoms with Crippen molar-refractivity contribution < 1.29 is 4.39 Å². The number of nitrogens with two attached hydrogens (primary N) is 1. The van der Waals surface area contributed by atoms with Gasteiger partial charge in [-0.05, 0) is 54.2 Å². The second-order valence-electron chi connectivity index (χ2n) is 5.38. The van der Waals surface area contributed by atoms with Gasteiger partial charge >= 0.3 is 0 Å². The fraction of sp³-hybridized carbons (Fsp3) is 0.333. The van der Waals surface area contributed by atoms with Gasteiger partial charge in [-0.15, -0.1) is 0 Å². The molecule has 0 aliphatic rings. The summed E-state index contributed by atoms with van der Waals surface area (Å²) in [6, 6.07) is 13.1. The van der Waals surface area contributed by atoms with E-state index in [1.165, 1.54) is 30.5 Å². The van der Waals surface area contributed by atoms with Crippen molar-refractivity contribution in [2.45, 2.75) is 39.2 Å². The van der Waals surface area contributed by atoms with Gasteiger partial charge in [-0.25, -0.2) is 4.39 Å². The SMILES string of the molecule is CCCCc1ccc(C(N)c2cc(C)cc(F)c2)cc1. The lowest BCUT2D eigenvalue weighted by Gasteiger charge is -2.14. The third kappa shape index (κ3) is 3.67. The van der Waals surface area contributed by atoms with Gasteiger partial charge in [-0.1, -0.05) is 43.7 Å². The van der Waals surface area contributed by atoms with Crippen LogP contribution in [0.25, 0.3) is 0 Å². The maximum Gasteiger partial charge on any atom is 0.123 e. The lowest BCUT2D eigenvalue weighted by molar-refractivity contribution is 0.622. The predicted molar refractivity (Wildman–Crippen MR) is 82.2 cm³/mol. The van der Waals surface area contributed by atoms with Gasteiger partial charge in [-0.2, -0.15) is 0 Å². The Balaban J connectivity index is 2.17. The molecule has 1 nitrogen and oxygen atoms in total. The Bertz CT molecular complexity index is 540. The fourth-order valence-electron chi connectivity index (χ4n) is 2.41. The number of hydrogen-bond acceptors (Lipinski definition) is 1. The number of rotatable bonds is 5. The van der Waals surface area contributed by atoms with E-state index in [0.29, 0.717) is 0 Å². The lowest BCUT2D eigenvalue weighted by atomic mass is 9.96. The summed E-state index contributed by atoms with van der Waals surface area (Å²) in [6.45, 7) is 4.07. The highest BCUT2D eigenvalue weighted by atomic mass is 19.1. The van der Waals surface area contributed by atoms with Gasteiger partial charge in [0, 0.05) is 0 Å². The van der Waals surface area contributed by atoms with Crippen LogP contribution in [0.4, 0.5) is 4.39 Å². The number of hydrogen-bond donors (Lipinski definition) is 1. The van der Waals surface area contributed by atoms with Crippen LogP contribution in [-0.2, 0) is 6.42 Å². The van der Waals surface area contributed by atoms with Gasteiger partial charge in [0.05, 0.1) is 6.04 Å². The highest BCUT2D eigenvalue weighted by Crippen LogP contribution is 2.22. The normalized spacial score (nSPS) is 12.4. The second-order valence-corrected chi connectivity index (χ2v) is 5.38. The van der Waals surface area contributed by atoms with Crippen molar-refractivity contribution in [3.63, 3.8) is 0 Å². The minimum absolute atomic E-state index is 0.227. The molecular formula is C18H22FN. The summed E-state index contributed by atoms with van der Waals surface area (Å²) in [5, 5.41) is 0. The van der Waals surface area contributed by atoms with E-state index in [4.69, 9.17) is 5.73 Å². The number of benzene rings is 2. The molecule has 0 fully saturated rings. The van der Waals surface area contributed by atoms with Crippen LogP contribution in [0.5, 0.6) is 0 Å². The van der Waals surface area contributed by atoms with Crippen LogP contribution < -0.4 is 5.73 Å². The van der Waals surface area contributed by atoms with Crippen LogP contribution >= 0.6 is 0 Å². The van der Waals surface area contributed by atoms with Crippen LogP contribution in [0.2, 0.25) is 0 Å². The summed E-state index contributed by atoms with van der Waals surface area (Å²) in [7, 11) is 0. The van der Waals surface area contributed by atoms with E-state index in [1.807, 2.05) is 13.0 Å². The first-order valence-corrected chi connectivity index (χ1v) is 7.21. The zero-order valence-electron chi connectivity index (χ0n) is 12.2. The summed E-state index contributed by atoms with van der Waals surface area (Å²) >= 11 is 0. The quantitative estimate of drug-likeness (QED) is 0.849. The van der Waals surface area contributed by atoms with Crippen molar-refractivity contribution in [3.05, 3.63) is 70.5 Å². The number of halogens is 1. The first-order chi connectivity index (χ1) is 9.60. The van der Waals surface area contributed by atoms with E-state index in [-0.39, 0.29) is 11.9 Å². The van der Waals surface area contributed by atoms with Crippen molar-refractivity contribution in [3.8, 4) is 0 Å². The van der Waals surface area contributed by atoms with Crippen LogP contribution in [0.15, 0.2) is 42.5 Å². The zero-order valence-corrected chi connectivity index (χ0v) is 12.2. The third-order valence-electron chi connectivity index (χ3n) is 3.58. The van der Waals surface area contributed by atoms with Crippen LogP contribution in [-0.4, -0.2) is 0 Å². The third-order valence-corrected chi connectivity index (χ3v) is 3.58. The molecule has 1 unspecified atom stereocenters. The smallest absolute Gasteiger partial charge is 0.123 e. The molecule has 1 atom stereocenters. The largest absolute Gasteiger partial charge is 0.320 e. The van der Waals surface area contributed by atoms with E-state index in [0.717, 1.165) is 23.1 Å². The molecule has 0 bridgehead atoms. The number of aryl methyl sites for hydroxylation is 2. The Morgan fingerprint density at radius 1 is 1.05 bits per heavy atom. The van der Waals surface area contributed by atoms with E-state index in [1.54, 1.807) is 0 Å². The molecule has 0 amide bonds. The van der Waals surface area contributed by atoms with Gasteiger partial charge in [0.25, 0.3) is 0 Å². The van der Waals surface area contributed by atoms with Gasteiger partial charge in [0.2, 0.25) is 0 Å². The Morgan fingerprint density at radius 3 is 2.35 bits per heavy atom. The average molecular weight is 271 g/mol. The summed E-state index contributed by atoms with van der Waals surface area (Å²) in [6.07, 6.45) is 3.50. The molecule has 2 aromatic carbocycles. The van der Waals surface area contributed by atoms with E-state index in [9.17, 15) is 4.39 Å². The molecule has 0 heterocycles. The summed E-state index contributed by atoms with van der Waals surface area (Å²) in [4.78, 5) is 0. The van der Waals surface area contributed by atoms with Crippen molar-refractivity contribution in [1.29, 1.82) is 0 Å². The molecule has 0 saturated heterocycles. The van der Waals surface area contributed by atoms with Crippen molar-refractivity contribution in [1.82, 2.24) is 0 Å². The second kappa shape index (κ2) is 6.67. The lowest BCUT2D eigenvalue weighted by Crippen LogP contribution is -2.12. The first kappa shape index (κ1) is 14.7. The maximum atomic E-state index is 13.5. The average Bonchev–Trinajstić information content (AvgIpc) is 2.44. The molecular weight excluding hydrogens is 249 g/mol. The van der Waals surface area contributed by atoms with Gasteiger partial charge in [0.15, 0.2) is 0 Å². The molecule has 0 radical (unpaired) electrons.